The minimum absolute atomic E-state index is 0.0460. The monoisotopic (exact) mass is 327 g/mol. The van der Waals surface area contributed by atoms with Gasteiger partial charge in [-0.25, -0.2) is 0 Å². The van der Waals surface area contributed by atoms with E-state index in [1.165, 1.54) is 23.1 Å². The summed E-state index contributed by atoms with van der Waals surface area (Å²) in [5.41, 5.74) is 0.916. The van der Waals surface area contributed by atoms with E-state index in [0.717, 1.165) is 14.9 Å². The molecule has 0 radical (unpaired) electrons. The number of hydrogen-bond acceptors (Lipinski definition) is 5. The Morgan fingerprint density at radius 3 is 2.85 bits per heavy atom. The summed E-state index contributed by atoms with van der Waals surface area (Å²) >= 11 is 8.98. The molecule has 106 valence electrons. The molecule has 0 aliphatic heterocycles. The number of thioether (sulfide) groups is 1. The van der Waals surface area contributed by atoms with Crippen LogP contribution in [0.5, 0.6) is 0 Å². The molecule has 1 N–H and O–H groups in total. The highest BCUT2D eigenvalue weighted by Gasteiger charge is 2.13. The SMILES string of the molecule is Cc1nnc(SCC(=O)N[C@H](C)c2ccccc2Cl)s1. The summed E-state index contributed by atoms with van der Waals surface area (Å²) in [4.78, 5) is 11.9. The summed E-state index contributed by atoms with van der Waals surface area (Å²) < 4.78 is 0.808. The zero-order valence-electron chi connectivity index (χ0n) is 11.1. The molecule has 0 aliphatic carbocycles. The fraction of sp³-hybridized carbons (Fsp3) is 0.308. The molecular weight excluding hydrogens is 314 g/mol. The molecule has 1 atom stereocenters. The van der Waals surface area contributed by atoms with Crippen molar-refractivity contribution in [2.45, 2.75) is 24.2 Å². The Labute approximate surface area is 130 Å². The first-order valence-electron chi connectivity index (χ1n) is 6.03. The second-order valence-corrected chi connectivity index (χ2v) is 7.00. The van der Waals surface area contributed by atoms with Gasteiger partial charge in [-0.05, 0) is 25.5 Å². The third-order valence-electron chi connectivity index (χ3n) is 2.58. The Morgan fingerprint density at radius 1 is 1.45 bits per heavy atom. The number of carbonyl (C=O) groups is 1. The Kier molecular flexibility index (Phi) is 5.39. The van der Waals surface area contributed by atoms with Crippen LogP contribution in [0.4, 0.5) is 0 Å². The topological polar surface area (TPSA) is 54.9 Å². The maximum Gasteiger partial charge on any atom is 0.230 e. The van der Waals surface area contributed by atoms with Crippen LogP contribution in [0.2, 0.25) is 5.02 Å². The molecule has 0 aliphatic rings. The lowest BCUT2D eigenvalue weighted by molar-refractivity contribution is -0.119. The Balaban J connectivity index is 1.87. The number of aryl methyl sites for hydroxylation is 1. The number of carbonyl (C=O) groups excluding carboxylic acids is 1. The van der Waals surface area contributed by atoms with E-state index < -0.39 is 0 Å². The molecule has 0 unspecified atom stereocenters. The van der Waals surface area contributed by atoms with Crippen molar-refractivity contribution in [2.24, 2.45) is 0 Å². The van der Waals surface area contributed by atoms with Crippen molar-refractivity contribution in [3.05, 3.63) is 39.9 Å². The molecule has 1 heterocycles. The fourth-order valence-electron chi connectivity index (χ4n) is 1.65. The summed E-state index contributed by atoms with van der Waals surface area (Å²) in [6.45, 7) is 3.81. The van der Waals surface area contributed by atoms with Crippen molar-refractivity contribution in [1.82, 2.24) is 15.5 Å². The van der Waals surface area contributed by atoms with Gasteiger partial charge < -0.3 is 5.32 Å². The zero-order valence-corrected chi connectivity index (χ0v) is 13.5. The molecular formula is C13H14ClN3OS2. The number of benzene rings is 1. The third-order valence-corrected chi connectivity index (χ3v) is 4.90. The summed E-state index contributed by atoms with van der Waals surface area (Å²) in [6, 6.07) is 7.39. The number of amides is 1. The minimum Gasteiger partial charge on any atom is -0.349 e. The number of aromatic nitrogens is 2. The molecule has 1 amide bonds. The van der Waals surface area contributed by atoms with Crippen LogP contribution in [0.25, 0.3) is 0 Å². The molecule has 1 aromatic heterocycles. The van der Waals surface area contributed by atoms with Crippen LogP contribution in [0.15, 0.2) is 28.6 Å². The molecule has 0 fully saturated rings. The molecule has 0 spiro atoms. The van der Waals surface area contributed by atoms with E-state index >= 15 is 0 Å². The van der Waals surface area contributed by atoms with Crippen molar-refractivity contribution in [1.29, 1.82) is 0 Å². The van der Waals surface area contributed by atoms with Crippen LogP contribution in [0.3, 0.4) is 0 Å². The van der Waals surface area contributed by atoms with Gasteiger partial charge in [0.25, 0.3) is 0 Å². The Morgan fingerprint density at radius 2 is 2.20 bits per heavy atom. The average molecular weight is 328 g/mol. The lowest BCUT2D eigenvalue weighted by atomic mass is 10.1. The van der Waals surface area contributed by atoms with Gasteiger partial charge in [0.15, 0.2) is 4.34 Å². The van der Waals surface area contributed by atoms with E-state index in [1.807, 2.05) is 38.1 Å². The van der Waals surface area contributed by atoms with Gasteiger partial charge in [-0.3, -0.25) is 4.79 Å². The van der Waals surface area contributed by atoms with E-state index in [2.05, 4.69) is 15.5 Å². The standard InChI is InChI=1S/C13H14ClN3OS2/c1-8(10-5-3-4-6-11(10)14)15-12(18)7-19-13-17-16-9(2)20-13/h3-6,8H,7H2,1-2H3,(H,15,18)/t8-/m1/s1. The molecule has 7 heteroatoms. The van der Waals surface area contributed by atoms with Crippen molar-refractivity contribution >= 4 is 40.6 Å². The average Bonchev–Trinajstić information content (AvgIpc) is 2.82. The molecule has 0 bridgehead atoms. The van der Waals surface area contributed by atoms with Crippen LogP contribution < -0.4 is 5.32 Å². The number of hydrogen-bond donors (Lipinski definition) is 1. The van der Waals surface area contributed by atoms with E-state index in [4.69, 9.17) is 11.6 Å². The summed E-state index contributed by atoms with van der Waals surface area (Å²) in [5, 5.41) is 12.4. The van der Waals surface area contributed by atoms with Crippen molar-refractivity contribution in [2.75, 3.05) is 5.75 Å². The van der Waals surface area contributed by atoms with Gasteiger partial charge in [0, 0.05) is 5.02 Å². The number of rotatable bonds is 5. The molecule has 2 aromatic rings. The van der Waals surface area contributed by atoms with Crippen LogP contribution in [0, 0.1) is 6.92 Å². The molecule has 20 heavy (non-hydrogen) atoms. The van der Waals surface area contributed by atoms with Gasteiger partial charge in [-0.1, -0.05) is 52.9 Å². The van der Waals surface area contributed by atoms with Crippen LogP contribution in [0.1, 0.15) is 23.5 Å². The van der Waals surface area contributed by atoms with Crippen LogP contribution in [-0.4, -0.2) is 21.9 Å². The van der Waals surface area contributed by atoms with Crippen LogP contribution >= 0.6 is 34.7 Å². The Bertz CT molecular complexity index is 603. The van der Waals surface area contributed by atoms with Crippen molar-refractivity contribution in [3.63, 3.8) is 0 Å². The van der Waals surface area contributed by atoms with Gasteiger partial charge in [-0.15, -0.1) is 10.2 Å². The third kappa shape index (κ3) is 4.19. The highest BCUT2D eigenvalue weighted by molar-refractivity contribution is 8.01. The lowest BCUT2D eigenvalue weighted by Crippen LogP contribution is -2.28. The normalized spacial score (nSPS) is 12.2. The molecule has 1 aromatic carbocycles. The maximum atomic E-state index is 11.9. The Hall–Kier alpha value is -1.11. The van der Waals surface area contributed by atoms with Crippen molar-refractivity contribution in [3.8, 4) is 0 Å². The van der Waals surface area contributed by atoms with E-state index in [1.54, 1.807) is 0 Å². The van der Waals surface area contributed by atoms with Crippen molar-refractivity contribution < 1.29 is 4.79 Å². The summed E-state index contributed by atoms with van der Waals surface area (Å²) in [7, 11) is 0. The quantitative estimate of drug-likeness (QED) is 0.854. The molecule has 0 saturated carbocycles. The number of nitrogens with zero attached hydrogens (tertiary/aromatic N) is 2. The second-order valence-electron chi connectivity index (χ2n) is 4.19. The van der Waals surface area contributed by atoms with Gasteiger partial charge in [-0.2, -0.15) is 0 Å². The second kappa shape index (κ2) is 7.06. The van der Waals surface area contributed by atoms with Gasteiger partial charge >= 0.3 is 0 Å². The maximum absolute atomic E-state index is 11.9. The predicted octanol–water partition coefficient (Wildman–Crippen LogP) is 3.47. The number of nitrogens with one attached hydrogen (secondary N) is 1. The van der Waals surface area contributed by atoms with Gasteiger partial charge in [0.05, 0.1) is 11.8 Å². The van der Waals surface area contributed by atoms with Gasteiger partial charge in [0.1, 0.15) is 5.01 Å². The lowest BCUT2D eigenvalue weighted by Gasteiger charge is -2.15. The smallest absolute Gasteiger partial charge is 0.230 e. The van der Waals surface area contributed by atoms with Crippen LogP contribution in [-0.2, 0) is 4.79 Å². The summed E-state index contributed by atoms with van der Waals surface area (Å²) in [6.07, 6.45) is 0. The highest BCUT2D eigenvalue weighted by atomic mass is 35.5. The molecule has 2 rings (SSSR count). The first-order valence-corrected chi connectivity index (χ1v) is 8.21. The van der Waals surface area contributed by atoms with E-state index in [-0.39, 0.29) is 11.9 Å². The first kappa shape index (κ1) is 15.3. The van der Waals surface area contributed by atoms with Gasteiger partial charge in [0.2, 0.25) is 5.91 Å². The summed E-state index contributed by atoms with van der Waals surface area (Å²) in [5.74, 6) is 0.277. The number of halogens is 1. The molecule has 0 saturated heterocycles. The predicted molar refractivity (Wildman–Crippen MR) is 83.4 cm³/mol. The zero-order chi connectivity index (χ0) is 14.5. The largest absolute Gasteiger partial charge is 0.349 e. The molecule has 4 nitrogen and oxygen atoms in total. The minimum atomic E-state index is -0.118. The fourth-order valence-corrected chi connectivity index (χ4v) is 3.58. The highest BCUT2D eigenvalue weighted by Crippen LogP contribution is 2.24. The van der Waals surface area contributed by atoms with E-state index in [0.29, 0.717) is 10.8 Å². The van der Waals surface area contributed by atoms with E-state index in [9.17, 15) is 4.79 Å². The first-order chi connectivity index (χ1) is 9.56.